The van der Waals surface area contributed by atoms with E-state index in [1.54, 1.807) is 0 Å². The zero-order valence-electron chi connectivity index (χ0n) is 6.75. The summed E-state index contributed by atoms with van der Waals surface area (Å²) in [6.45, 7) is 1.53. The van der Waals surface area contributed by atoms with Gasteiger partial charge in [-0.3, -0.25) is 0 Å². The molecule has 1 aromatic rings. The maximum absolute atomic E-state index is 9.44. The van der Waals surface area contributed by atoms with Crippen molar-refractivity contribution >= 4 is 28.9 Å². The van der Waals surface area contributed by atoms with Gasteiger partial charge in [0.05, 0.1) is 10.7 Å². The third-order valence-electron chi connectivity index (χ3n) is 1.57. The Bertz CT molecular complexity index is 363. The summed E-state index contributed by atoms with van der Waals surface area (Å²) in [5.41, 5.74) is 0.571. The monoisotopic (exact) mass is 219 g/mol. The number of hydrogen-bond donors (Lipinski definition) is 2. The molecule has 0 aliphatic heterocycles. The molecule has 13 heavy (non-hydrogen) atoms. The van der Waals surface area contributed by atoms with Crippen LogP contribution < -0.4 is 0 Å². The molecule has 1 aromatic carbocycles. The lowest BCUT2D eigenvalue weighted by molar-refractivity contribution is 0.318. The number of halogens is 2. The number of benzene rings is 1. The summed E-state index contributed by atoms with van der Waals surface area (Å²) in [7, 11) is 0. The van der Waals surface area contributed by atoms with Gasteiger partial charge in [-0.15, -0.1) is 0 Å². The summed E-state index contributed by atoms with van der Waals surface area (Å²) >= 11 is 11.3. The van der Waals surface area contributed by atoms with E-state index >= 15 is 0 Å². The highest BCUT2D eigenvalue weighted by Crippen LogP contribution is 2.31. The van der Waals surface area contributed by atoms with Crippen LogP contribution in [0.25, 0.3) is 0 Å². The number of phenols is 1. The molecule has 0 aliphatic carbocycles. The molecule has 0 saturated carbocycles. The van der Waals surface area contributed by atoms with E-state index in [9.17, 15) is 5.11 Å². The smallest absolute Gasteiger partial charge is 0.143 e. The minimum atomic E-state index is -0.138. The van der Waals surface area contributed by atoms with Crippen LogP contribution in [0.1, 0.15) is 12.5 Å². The predicted molar refractivity (Wildman–Crippen MR) is 52.1 cm³/mol. The number of rotatable bonds is 1. The Labute approximate surface area is 85.2 Å². The molecular weight excluding hydrogens is 213 g/mol. The van der Waals surface area contributed by atoms with Crippen LogP contribution in [0.3, 0.4) is 0 Å². The van der Waals surface area contributed by atoms with Gasteiger partial charge in [0.15, 0.2) is 0 Å². The number of aromatic hydroxyl groups is 1. The SMILES string of the molecule is C/C(=N/O)c1cc(Cl)cc(Cl)c1O. The van der Waals surface area contributed by atoms with Gasteiger partial charge in [-0.1, -0.05) is 28.4 Å². The lowest BCUT2D eigenvalue weighted by Crippen LogP contribution is -1.95. The fraction of sp³-hybridized carbons (Fsp3) is 0.125. The number of oxime groups is 1. The second-order valence-corrected chi connectivity index (χ2v) is 3.31. The second kappa shape index (κ2) is 3.85. The van der Waals surface area contributed by atoms with Crippen LogP contribution in [0.15, 0.2) is 17.3 Å². The van der Waals surface area contributed by atoms with Gasteiger partial charge in [-0.05, 0) is 19.1 Å². The van der Waals surface area contributed by atoms with Crippen molar-refractivity contribution in [2.75, 3.05) is 0 Å². The van der Waals surface area contributed by atoms with E-state index in [1.807, 2.05) is 0 Å². The van der Waals surface area contributed by atoms with Crippen LogP contribution in [-0.4, -0.2) is 16.0 Å². The van der Waals surface area contributed by atoms with Crippen LogP contribution in [0.2, 0.25) is 10.0 Å². The van der Waals surface area contributed by atoms with Crippen molar-refractivity contribution in [3.63, 3.8) is 0 Å². The van der Waals surface area contributed by atoms with E-state index in [1.165, 1.54) is 19.1 Å². The largest absolute Gasteiger partial charge is 0.506 e. The first kappa shape index (κ1) is 10.2. The summed E-state index contributed by atoms with van der Waals surface area (Å²) in [6, 6.07) is 2.88. The molecule has 0 amide bonds. The van der Waals surface area contributed by atoms with Gasteiger partial charge >= 0.3 is 0 Å². The molecule has 3 nitrogen and oxygen atoms in total. The zero-order valence-corrected chi connectivity index (χ0v) is 8.26. The molecule has 0 atom stereocenters. The highest BCUT2D eigenvalue weighted by Gasteiger charge is 2.10. The standard InChI is InChI=1S/C8H7Cl2NO2/c1-4(11-13)6-2-5(9)3-7(10)8(6)12/h2-3,12-13H,1H3/b11-4-. The molecule has 0 aromatic heterocycles. The summed E-state index contributed by atoms with van der Waals surface area (Å²) in [4.78, 5) is 0. The highest BCUT2D eigenvalue weighted by atomic mass is 35.5. The minimum absolute atomic E-state index is 0.130. The lowest BCUT2D eigenvalue weighted by Gasteiger charge is -2.04. The molecule has 0 spiro atoms. The molecule has 0 fully saturated rings. The fourth-order valence-corrected chi connectivity index (χ4v) is 1.39. The van der Waals surface area contributed by atoms with E-state index in [4.69, 9.17) is 28.4 Å². The van der Waals surface area contributed by atoms with Gasteiger partial charge < -0.3 is 10.3 Å². The van der Waals surface area contributed by atoms with Crippen molar-refractivity contribution in [1.82, 2.24) is 0 Å². The number of phenolic OH excluding ortho intramolecular Hbond substituents is 1. The zero-order chi connectivity index (χ0) is 10.0. The van der Waals surface area contributed by atoms with Gasteiger partial charge in [0.1, 0.15) is 5.75 Å². The van der Waals surface area contributed by atoms with Crippen molar-refractivity contribution in [1.29, 1.82) is 0 Å². The Morgan fingerprint density at radius 2 is 2.00 bits per heavy atom. The number of hydrogen-bond acceptors (Lipinski definition) is 3. The van der Waals surface area contributed by atoms with Gasteiger partial charge in [0.25, 0.3) is 0 Å². The van der Waals surface area contributed by atoms with Crippen LogP contribution in [-0.2, 0) is 0 Å². The normalized spacial score (nSPS) is 11.8. The first-order valence-electron chi connectivity index (χ1n) is 3.43. The lowest BCUT2D eigenvalue weighted by atomic mass is 10.1. The average molecular weight is 220 g/mol. The van der Waals surface area contributed by atoms with E-state index in [2.05, 4.69) is 5.16 Å². The Kier molecular flexibility index (Phi) is 3.01. The topological polar surface area (TPSA) is 52.8 Å². The van der Waals surface area contributed by atoms with Crippen molar-refractivity contribution < 1.29 is 10.3 Å². The molecule has 5 heteroatoms. The summed E-state index contributed by atoms with van der Waals surface area (Å²) in [5, 5.41) is 21.4. The van der Waals surface area contributed by atoms with Gasteiger partial charge in [-0.25, -0.2) is 0 Å². The Hall–Kier alpha value is -0.930. The molecule has 70 valence electrons. The van der Waals surface area contributed by atoms with Crippen LogP contribution in [0, 0.1) is 0 Å². The molecule has 0 aliphatic rings. The van der Waals surface area contributed by atoms with Crippen molar-refractivity contribution in [2.24, 2.45) is 5.16 Å². The van der Waals surface area contributed by atoms with E-state index in [-0.39, 0.29) is 16.5 Å². The van der Waals surface area contributed by atoms with Gasteiger partial charge in [0.2, 0.25) is 0 Å². The first-order valence-corrected chi connectivity index (χ1v) is 4.19. The van der Waals surface area contributed by atoms with E-state index in [0.717, 1.165) is 0 Å². The summed E-state index contributed by atoms with van der Waals surface area (Å²) in [6.07, 6.45) is 0. The number of nitrogens with zero attached hydrogens (tertiary/aromatic N) is 1. The second-order valence-electron chi connectivity index (χ2n) is 2.47. The summed E-state index contributed by atoms with van der Waals surface area (Å²) in [5.74, 6) is -0.138. The third kappa shape index (κ3) is 2.05. The third-order valence-corrected chi connectivity index (χ3v) is 2.07. The predicted octanol–water partition coefficient (Wildman–Crippen LogP) is 2.90. The Balaban J connectivity index is 3.37. The van der Waals surface area contributed by atoms with E-state index < -0.39 is 0 Å². The maximum atomic E-state index is 9.44. The summed E-state index contributed by atoms with van der Waals surface area (Å²) < 4.78 is 0. The molecule has 1 rings (SSSR count). The quantitative estimate of drug-likeness (QED) is 0.434. The molecule has 0 saturated heterocycles. The Morgan fingerprint density at radius 3 is 2.54 bits per heavy atom. The molecule has 0 heterocycles. The molecule has 2 N–H and O–H groups in total. The molecule has 0 unspecified atom stereocenters. The first-order chi connectivity index (χ1) is 6.06. The van der Waals surface area contributed by atoms with Crippen molar-refractivity contribution in [2.45, 2.75) is 6.92 Å². The highest BCUT2D eigenvalue weighted by molar-refractivity contribution is 6.36. The fourth-order valence-electron chi connectivity index (χ4n) is 0.896. The average Bonchev–Trinajstić information content (AvgIpc) is 2.10. The van der Waals surface area contributed by atoms with Crippen LogP contribution in [0.5, 0.6) is 5.75 Å². The van der Waals surface area contributed by atoms with Crippen LogP contribution >= 0.6 is 23.2 Å². The van der Waals surface area contributed by atoms with Gasteiger partial charge in [0, 0.05) is 10.6 Å². The van der Waals surface area contributed by atoms with Crippen molar-refractivity contribution in [3.8, 4) is 5.75 Å². The van der Waals surface area contributed by atoms with E-state index in [0.29, 0.717) is 10.6 Å². The molecule has 0 bridgehead atoms. The molecule has 0 radical (unpaired) electrons. The minimum Gasteiger partial charge on any atom is -0.506 e. The molecular formula is C8H7Cl2NO2. The van der Waals surface area contributed by atoms with Crippen LogP contribution in [0.4, 0.5) is 0 Å². The Morgan fingerprint density at radius 1 is 1.38 bits per heavy atom. The maximum Gasteiger partial charge on any atom is 0.143 e. The van der Waals surface area contributed by atoms with Crippen molar-refractivity contribution in [3.05, 3.63) is 27.7 Å². The van der Waals surface area contributed by atoms with Gasteiger partial charge in [-0.2, -0.15) is 0 Å².